The zero-order chi connectivity index (χ0) is 15.7. The van der Waals surface area contributed by atoms with Crippen molar-refractivity contribution >= 4 is 29.2 Å². The number of halogens is 2. The van der Waals surface area contributed by atoms with Gasteiger partial charge >= 0.3 is 5.97 Å². The highest BCUT2D eigenvalue weighted by molar-refractivity contribution is 6.42. The molecule has 0 aliphatic carbocycles. The van der Waals surface area contributed by atoms with Gasteiger partial charge in [-0.15, -0.1) is 0 Å². The molecule has 22 heavy (non-hydrogen) atoms. The predicted molar refractivity (Wildman–Crippen MR) is 84.3 cm³/mol. The van der Waals surface area contributed by atoms with E-state index in [4.69, 9.17) is 28.3 Å². The van der Waals surface area contributed by atoms with Crippen molar-refractivity contribution in [3.63, 3.8) is 0 Å². The molecule has 1 aromatic carbocycles. The van der Waals surface area contributed by atoms with Gasteiger partial charge in [-0.1, -0.05) is 29.3 Å². The second-order valence-electron chi connectivity index (χ2n) is 5.19. The molecule has 1 unspecified atom stereocenters. The Morgan fingerprint density at radius 1 is 1.23 bits per heavy atom. The third-order valence-corrected chi connectivity index (χ3v) is 4.49. The third-order valence-electron chi connectivity index (χ3n) is 3.75. The fourth-order valence-electron chi connectivity index (χ4n) is 2.56. The maximum absolute atomic E-state index is 11.0. The summed E-state index contributed by atoms with van der Waals surface area (Å²) in [4.78, 5) is 19.5. The van der Waals surface area contributed by atoms with E-state index in [1.807, 2.05) is 12.1 Å². The molecule has 0 radical (unpaired) electrons. The first kappa shape index (κ1) is 15.2. The molecule has 0 spiro atoms. The van der Waals surface area contributed by atoms with Crippen molar-refractivity contribution in [1.82, 2.24) is 15.3 Å². The molecule has 1 aliphatic rings. The van der Waals surface area contributed by atoms with Gasteiger partial charge in [-0.05, 0) is 24.6 Å². The van der Waals surface area contributed by atoms with Crippen LogP contribution in [-0.2, 0) is 4.79 Å². The van der Waals surface area contributed by atoms with Gasteiger partial charge in [0, 0.05) is 23.7 Å². The van der Waals surface area contributed by atoms with Crippen LogP contribution in [0.2, 0.25) is 10.0 Å². The van der Waals surface area contributed by atoms with Crippen LogP contribution in [0, 0.1) is 0 Å². The van der Waals surface area contributed by atoms with Crippen molar-refractivity contribution in [2.45, 2.75) is 18.4 Å². The lowest BCUT2D eigenvalue weighted by molar-refractivity contribution is -0.139. The third kappa shape index (κ3) is 3.06. The molecule has 114 valence electrons. The van der Waals surface area contributed by atoms with Crippen molar-refractivity contribution in [1.29, 1.82) is 0 Å². The van der Waals surface area contributed by atoms with Gasteiger partial charge in [0.25, 0.3) is 0 Å². The van der Waals surface area contributed by atoms with Crippen LogP contribution in [0.3, 0.4) is 0 Å². The predicted octanol–water partition coefficient (Wildman–Crippen LogP) is 2.98. The molecule has 1 aromatic heterocycles. The topological polar surface area (TPSA) is 75.1 Å². The number of benzene rings is 1. The molecular formula is C15H13Cl2N3O2. The second-order valence-corrected chi connectivity index (χ2v) is 6.00. The lowest BCUT2D eigenvalue weighted by Gasteiger charge is -2.09. The van der Waals surface area contributed by atoms with Crippen molar-refractivity contribution in [2.24, 2.45) is 0 Å². The van der Waals surface area contributed by atoms with Crippen LogP contribution in [0.5, 0.6) is 0 Å². The maximum Gasteiger partial charge on any atom is 0.320 e. The number of carboxylic acids is 1. The van der Waals surface area contributed by atoms with Gasteiger partial charge in [-0.2, -0.15) is 0 Å². The molecule has 5 nitrogen and oxygen atoms in total. The minimum absolute atomic E-state index is 0.0608. The molecule has 2 aromatic rings. The summed E-state index contributed by atoms with van der Waals surface area (Å²) in [5.41, 5.74) is 2.41. The molecule has 0 saturated carbocycles. The first-order valence-corrected chi connectivity index (χ1v) is 7.53. The van der Waals surface area contributed by atoms with Crippen molar-refractivity contribution in [3.8, 4) is 11.3 Å². The Kier molecular flexibility index (Phi) is 4.29. The smallest absolute Gasteiger partial charge is 0.320 e. The van der Waals surface area contributed by atoms with E-state index in [1.165, 1.54) is 6.33 Å². The number of hydrogen-bond donors (Lipinski definition) is 2. The van der Waals surface area contributed by atoms with Gasteiger partial charge < -0.3 is 10.4 Å². The van der Waals surface area contributed by atoms with E-state index >= 15 is 0 Å². The van der Waals surface area contributed by atoms with Crippen molar-refractivity contribution in [3.05, 3.63) is 46.3 Å². The van der Waals surface area contributed by atoms with Crippen molar-refractivity contribution < 1.29 is 9.90 Å². The van der Waals surface area contributed by atoms with E-state index in [0.29, 0.717) is 23.0 Å². The van der Waals surface area contributed by atoms with Gasteiger partial charge in [0.1, 0.15) is 12.4 Å². The minimum atomic E-state index is -0.832. The van der Waals surface area contributed by atoms with E-state index in [1.54, 1.807) is 12.1 Å². The highest BCUT2D eigenvalue weighted by Gasteiger charge is 2.31. The Morgan fingerprint density at radius 3 is 2.73 bits per heavy atom. The zero-order valence-corrected chi connectivity index (χ0v) is 13.0. The van der Waals surface area contributed by atoms with Gasteiger partial charge in [-0.25, -0.2) is 9.97 Å². The number of rotatable bonds is 3. The Balaban J connectivity index is 1.87. The molecule has 0 amide bonds. The molecule has 1 aliphatic heterocycles. The fourth-order valence-corrected chi connectivity index (χ4v) is 2.86. The number of nitrogens with zero attached hydrogens (tertiary/aromatic N) is 2. The van der Waals surface area contributed by atoms with Crippen LogP contribution in [0.4, 0.5) is 0 Å². The fraction of sp³-hybridized carbons (Fsp3) is 0.267. The highest BCUT2D eigenvalue weighted by Crippen LogP contribution is 2.30. The number of hydrogen-bond acceptors (Lipinski definition) is 4. The number of nitrogens with one attached hydrogen (secondary N) is 1. The van der Waals surface area contributed by atoms with Crippen LogP contribution in [0.25, 0.3) is 11.3 Å². The molecule has 2 atom stereocenters. The monoisotopic (exact) mass is 337 g/mol. The maximum atomic E-state index is 11.0. The number of aliphatic carboxylic acids is 1. The summed E-state index contributed by atoms with van der Waals surface area (Å²) in [6.07, 6.45) is 2.01. The lowest BCUT2D eigenvalue weighted by atomic mass is 10.00. The largest absolute Gasteiger partial charge is 0.480 e. The molecular weight excluding hydrogens is 325 g/mol. The quantitative estimate of drug-likeness (QED) is 0.900. The van der Waals surface area contributed by atoms with Crippen LogP contribution in [-0.4, -0.2) is 33.6 Å². The van der Waals surface area contributed by atoms with Crippen LogP contribution >= 0.6 is 23.2 Å². The van der Waals surface area contributed by atoms with E-state index in [2.05, 4.69) is 15.3 Å². The first-order chi connectivity index (χ1) is 10.5. The Bertz CT molecular complexity index is 724. The normalized spacial score (nSPS) is 21.0. The Hall–Kier alpha value is -1.69. The second kappa shape index (κ2) is 6.20. The van der Waals surface area contributed by atoms with Gasteiger partial charge in [0.05, 0.1) is 15.7 Å². The summed E-state index contributed by atoms with van der Waals surface area (Å²) in [7, 11) is 0. The van der Waals surface area contributed by atoms with Crippen LogP contribution in [0.1, 0.15) is 18.0 Å². The van der Waals surface area contributed by atoms with E-state index in [9.17, 15) is 4.79 Å². The number of aromatic nitrogens is 2. The molecule has 0 bridgehead atoms. The standard InChI is InChI=1S/C15H13Cl2N3O2/c16-10-2-1-8(3-11(10)17)12-5-13(20-7-19-12)9-4-14(15(21)22)18-6-9/h1-3,5,7,9,14,18H,4,6H2,(H,21,22)/t9?,14-/m1/s1. The summed E-state index contributed by atoms with van der Waals surface area (Å²) in [6.45, 7) is 0.592. The highest BCUT2D eigenvalue weighted by atomic mass is 35.5. The summed E-state index contributed by atoms with van der Waals surface area (Å²) in [5, 5.41) is 13.0. The molecule has 2 N–H and O–H groups in total. The molecule has 7 heteroatoms. The van der Waals surface area contributed by atoms with Crippen LogP contribution < -0.4 is 5.32 Å². The van der Waals surface area contributed by atoms with E-state index in [-0.39, 0.29) is 5.92 Å². The molecule has 3 rings (SSSR count). The number of carbonyl (C=O) groups is 1. The molecule has 1 fully saturated rings. The Morgan fingerprint density at radius 2 is 2.05 bits per heavy atom. The van der Waals surface area contributed by atoms with Gasteiger partial charge in [-0.3, -0.25) is 4.79 Å². The zero-order valence-electron chi connectivity index (χ0n) is 11.5. The average Bonchev–Trinajstić information content (AvgIpc) is 3.00. The van der Waals surface area contributed by atoms with Crippen molar-refractivity contribution in [2.75, 3.05) is 6.54 Å². The first-order valence-electron chi connectivity index (χ1n) is 6.78. The summed E-state index contributed by atoms with van der Waals surface area (Å²) >= 11 is 12.0. The SMILES string of the molecule is O=C(O)[C@H]1CC(c2cc(-c3ccc(Cl)c(Cl)c3)ncn2)CN1. The Labute approximate surface area is 137 Å². The molecule has 1 saturated heterocycles. The number of carboxylic acid groups (broad SMARTS) is 1. The average molecular weight is 338 g/mol. The van der Waals surface area contributed by atoms with Gasteiger partial charge in [0.15, 0.2) is 0 Å². The summed E-state index contributed by atoms with van der Waals surface area (Å²) < 4.78 is 0. The minimum Gasteiger partial charge on any atom is -0.480 e. The summed E-state index contributed by atoms with van der Waals surface area (Å²) in [6, 6.07) is 6.67. The lowest BCUT2D eigenvalue weighted by Crippen LogP contribution is -2.29. The molecule has 2 heterocycles. The van der Waals surface area contributed by atoms with Crippen LogP contribution in [0.15, 0.2) is 30.6 Å². The van der Waals surface area contributed by atoms with E-state index in [0.717, 1.165) is 17.0 Å². The summed E-state index contributed by atoms with van der Waals surface area (Å²) in [5.74, 6) is -0.771. The van der Waals surface area contributed by atoms with Gasteiger partial charge in [0.2, 0.25) is 0 Å². The van der Waals surface area contributed by atoms with E-state index < -0.39 is 12.0 Å².